The van der Waals surface area contributed by atoms with E-state index in [0.717, 1.165) is 96.3 Å². The number of aliphatic hydroxyl groups excluding tert-OH is 7. The van der Waals surface area contributed by atoms with Gasteiger partial charge in [-0.3, -0.25) is 4.79 Å². The lowest BCUT2D eigenvalue weighted by atomic mass is 9.98. The average molecular weight is 1060 g/mol. The largest absolute Gasteiger partial charge is 0.457 e. The first-order valence-corrected chi connectivity index (χ1v) is 29.2. The molecule has 2 aliphatic rings. The molecule has 7 N–H and O–H groups in total. The maximum absolute atomic E-state index is 13.1. The summed E-state index contributed by atoms with van der Waals surface area (Å²) >= 11 is 0. The second-order valence-electron chi connectivity index (χ2n) is 20.1. The number of hydrogen-bond acceptors (Lipinski definition) is 14. The number of ether oxygens (including phenoxy) is 6. The number of carbonyl (C=O) groups excluding carboxylic acids is 1. The van der Waals surface area contributed by atoms with Crippen molar-refractivity contribution in [2.24, 2.45) is 0 Å². The molecule has 2 rings (SSSR count). The number of rotatable bonds is 46. The SMILES string of the molecule is CC/C=C\C/C=C\C/C=C\C/C=C\C/C=C\CCCCCCCCCCCC(=O)OC(COCCCCCCCC/C=C\C/C=C\CCCCC)COC1OC(COC2OC(CO)C(O)C(O)C2O)C(O)C(O)C1O. The Morgan fingerprint density at radius 1 is 0.453 bits per heavy atom. The Morgan fingerprint density at radius 2 is 0.867 bits per heavy atom. The van der Waals surface area contributed by atoms with Crippen LogP contribution in [0.5, 0.6) is 0 Å². The predicted molar refractivity (Wildman–Crippen MR) is 298 cm³/mol. The molecule has 2 aliphatic heterocycles. The maximum atomic E-state index is 13.1. The van der Waals surface area contributed by atoms with Gasteiger partial charge < -0.3 is 64.2 Å². The molecule has 0 bridgehead atoms. The molecular weight excluding hydrogens is 957 g/mol. The van der Waals surface area contributed by atoms with Crippen LogP contribution in [-0.2, 0) is 33.2 Å². The van der Waals surface area contributed by atoms with E-state index >= 15 is 0 Å². The lowest BCUT2D eigenvalue weighted by molar-refractivity contribution is -0.332. The minimum Gasteiger partial charge on any atom is -0.457 e. The standard InChI is InChI=1S/C61H104O14/c1-3-5-7-9-11-13-15-17-19-21-22-23-24-25-26-27-28-29-30-32-34-36-38-40-42-44-53(63)73-50(47-70-45-43-41-39-37-35-33-31-20-18-16-14-12-10-8-6-4-2)48-71-60-59(69)57(67)55(65)52(75-60)49-72-61-58(68)56(66)54(64)51(46-62)74-61/h5,7,11-14,17-20,22-23,25-26,50-52,54-62,64-69H,3-4,6,8-10,15-16,21,24,27-49H2,1-2H3/b7-5-,13-11-,14-12-,19-17-,20-18-,23-22-,26-25-. The first kappa shape index (κ1) is 68.3. The molecule has 0 amide bonds. The van der Waals surface area contributed by atoms with Gasteiger partial charge in [0, 0.05) is 13.0 Å². The molecule has 11 unspecified atom stereocenters. The van der Waals surface area contributed by atoms with E-state index in [1.165, 1.54) is 70.6 Å². The maximum Gasteiger partial charge on any atom is 0.306 e. The van der Waals surface area contributed by atoms with Crippen LogP contribution in [-0.4, -0.2) is 142 Å². The molecule has 2 saturated heterocycles. The summed E-state index contributed by atoms with van der Waals surface area (Å²) in [6.45, 7) is 3.51. The van der Waals surface area contributed by atoms with Crippen molar-refractivity contribution in [2.45, 2.75) is 261 Å². The molecule has 75 heavy (non-hydrogen) atoms. The van der Waals surface area contributed by atoms with Crippen molar-refractivity contribution in [1.29, 1.82) is 0 Å². The Hall–Kier alpha value is -2.83. The molecule has 0 aromatic carbocycles. The van der Waals surface area contributed by atoms with Gasteiger partial charge in [-0.25, -0.2) is 0 Å². The summed E-state index contributed by atoms with van der Waals surface area (Å²) in [6, 6.07) is 0. The summed E-state index contributed by atoms with van der Waals surface area (Å²) in [7, 11) is 0. The fourth-order valence-electron chi connectivity index (χ4n) is 8.69. The summed E-state index contributed by atoms with van der Waals surface area (Å²) < 4.78 is 34.4. The van der Waals surface area contributed by atoms with E-state index in [1.807, 2.05) is 0 Å². The fourth-order valence-corrected chi connectivity index (χ4v) is 8.69. The van der Waals surface area contributed by atoms with Crippen LogP contribution in [0.25, 0.3) is 0 Å². The van der Waals surface area contributed by atoms with Crippen LogP contribution in [0, 0.1) is 0 Å². The van der Waals surface area contributed by atoms with Crippen LogP contribution < -0.4 is 0 Å². The molecule has 0 spiro atoms. The van der Waals surface area contributed by atoms with Crippen molar-refractivity contribution in [2.75, 3.05) is 33.0 Å². The number of hydrogen-bond donors (Lipinski definition) is 7. The lowest BCUT2D eigenvalue weighted by Gasteiger charge is -2.42. The molecule has 14 nitrogen and oxygen atoms in total. The summed E-state index contributed by atoms with van der Waals surface area (Å²) in [5, 5.41) is 72.3. The van der Waals surface area contributed by atoms with Gasteiger partial charge in [0.05, 0.1) is 26.4 Å². The highest BCUT2D eigenvalue weighted by atomic mass is 16.7. The molecule has 11 atom stereocenters. The van der Waals surface area contributed by atoms with E-state index in [0.29, 0.717) is 13.0 Å². The Labute approximate surface area is 452 Å². The van der Waals surface area contributed by atoms with Gasteiger partial charge in [-0.15, -0.1) is 0 Å². The topological polar surface area (TPSA) is 214 Å². The van der Waals surface area contributed by atoms with Crippen molar-refractivity contribution in [3.63, 3.8) is 0 Å². The third kappa shape index (κ3) is 33.9. The quantitative estimate of drug-likeness (QED) is 0.0172. The minimum absolute atomic E-state index is 0.0476. The smallest absolute Gasteiger partial charge is 0.306 e. The third-order valence-electron chi connectivity index (χ3n) is 13.4. The molecule has 2 heterocycles. The second-order valence-corrected chi connectivity index (χ2v) is 20.1. The van der Waals surface area contributed by atoms with Gasteiger partial charge in [-0.1, -0.05) is 182 Å². The normalized spacial score (nSPS) is 25.2. The van der Waals surface area contributed by atoms with Crippen LogP contribution in [0.15, 0.2) is 85.1 Å². The van der Waals surface area contributed by atoms with Crippen molar-refractivity contribution in [3.05, 3.63) is 85.1 Å². The minimum atomic E-state index is -1.71. The lowest BCUT2D eigenvalue weighted by Crippen LogP contribution is -2.61. The molecule has 2 fully saturated rings. The number of aliphatic hydroxyl groups is 7. The summed E-state index contributed by atoms with van der Waals surface area (Å²) in [5.41, 5.74) is 0. The number of esters is 1. The molecule has 0 saturated carbocycles. The van der Waals surface area contributed by atoms with Crippen molar-refractivity contribution in [3.8, 4) is 0 Å². The molecule has 0 aromatic rings. The van der Waals surface area contributed by atoms with Crippen molar-refractivity contribution < 1.29 is 69.0 Å². The van der Waals surface area contributed by atoms with Gasteiger partial charge in [0.15, 0.2) is 12.6 Å². The Morgan fingerprint density at radius 3 is 1.36 bits per heavy atom. The van der Waals surface area contributed by atoms with E-state index in [2.05, 4.69) is 98.9 Å². The van der Waals surface area contributed by atoms with E-state index in [4.69, 9.17) is 28.4 Å². The zero-order valence-electron chi connectivity index (χ0n) is 46.3. The zero-order chi connectivity index (χ0) is 54.4. The Balaban J connectivity index is 1.71. The third-order valence-corrected chi connectivity index (χ3v) is 13.4. The van der Waals surface area contributed by atoms with Crippen LogP contribution in [0.2, 0.25) is 0 Å². The highest BCUT2D eigenvalue weighted by Crippen LogP contribution is 2.26. The average Bonchev–Trinajstić information content (AvgIpc) is 3.41. The number of carbonyl (C=O) groups is 1. The van der Waals surface area contributed by atoms with Crippen molar-refractivity contribution >= 4 is 5.97 Å². The highest BCUT2D eigenvalue weighted by Gasteiger charge is 2.47. The number of allylic oxidation sites excluding steroid dienone is 14. The first-order valence-electron chi connectivity index (χ1n) is 29.2. The summed E-state index contributed by atoms with van der Waals surface area (Å²) in [5.74, 6) is -0.389. The van der Waals surface area contributed by atoms with E-state index in [1.54, 1.807) is 0 Å². The van der Waals surface area contributed by atoms with Gasteiger partial charge >= 0.3 is 5.97 Å². The van der Waals surface area contributed by atoms with Crippen molar-refractivity contribution in [1.82, 2.24) is 0 Å². The molecule has 14 heteroatoms. The fraction of sp³-hybridized carbons (Fsp3) is 0.754. The van der Waals surface area contributed by atoms with Gasteiger partial charge in [-0.2, -0.15) is 0 Å². The van der Waals surface area contributed by atoms with E-state index in [-0.39, 0.29) is 25.6 Å². The molecule has 0 aliphatic carbocycles. The van der Waals surface area contributed by atoms with E-state index < -0.39 is 80.7 Å². The van der Waals surface area contributed by atoms with Crippen LogP contribution in [0.4, 0.5) is 0 Å². The molecular formula is C61H104O14. The van der Waals surface area contributed by atoms with Gasteiger partial charge in [0.1, 0.15) is 54.9 Å². The van der Waals surface area contributed by atoms with E-state index in [9.17, 15) is 40.5 Å². The Bertz CT molecular complexity index is 1560. The summed E-state index contributed by atoms with van der Waals surface area (Å²) in [4.78, 5) is 13.1. The van der Waals surface area contributed by atoms with Gasteiger partial charge in [0.2, 0.25) is 0 Å². The molecule has 0 radical (unpaired) electrons. The predicted octanol–water partition coefficient (Wildman–Crippen LogP) is 10.4. The van der Waals surface area contributed by atoms with Crippen LogP contribution in [0.3, 0.4) is 0 Å². The first-order chi connectivity index (χ1) is 36.6. The molecule has 0 aromatic heterocycles. The van der Waals surface area contributed by atoms with Gasteiger partial charge in [-0.05, 0) is 89.9 Å². The Kier molecular flexibility index (Phi) is 43.0. The highest BCUT2D eigenvalue weighted by molar-refractivity contribution is 5.69. The molecule has 432 valence electrons. The number of unbranched alkanes of at least 4 members (excludes halogenated alkanes) is 18. The monoisotopic (exact) mass is 1060 g/mol. The van der Waals surface area contributed by atoms with Crippen LogP contribution in [0.1, 0.15) is 194 Å². The van der Waals surface area contributed by atoms with Crippen LogP contribution >= 0.6 is 0 Å². The zero-order valence-corrected chi connectivity index (χ0v) is 46.3. The van der Waals surface area contributed by atoms with Gasteiger partial charge in [0.25, 0.3) is 0 Å². The summed E-state index contributed by atoms with van der Waals surface area (Å²) in [6.07, 6.45) is 44.9. The second kappa shape index (κ2) is 47.2.